The molecule has 0 aromatic rings. The van der Waals surface area contributed by atoms with Crippen molar-refractivity contribution in [2.45, 2.75) is 43.4 Å². The van der Waals surface area contributed by atoms with Crippen molar-refractivity contribution in [1.29, 1.82) is 0 Å². The fourth-order valence-electron chi connectivity index (χ4n) is 1.98. The first-order valence-corrected chi connectivity index (χ1v) is 5.10. The molecule has 2 fully saturated rings. The van der Waals surface area contributed by atoms with Crippen molar-refractivity contribution in [2.75, 3.05) is 6.61 Å². The predicted molar refractivity (Wildman–Crippen MR) is 49.8 cm³/mol. The summed E-state index contributed by atoms with van der Waals surface area (Å²) < 4.78 is 15.2. The van der Waals surface area contributed by atoms with Gasteiger partial charge in [-0.3, -0.25) is 0 Å². The molecule has 2 saturated heterocycles. The number of carboxylic acids is 1. The molecule has 17 heavy (non-hydrogen) atoms. The molecule has 0 aliphatic carbocycles. The molecular formula is C9H14O8. The van der Waals surface area contributed by atoms with Gasteiger partial charge < -0.3 is 34.6 Å². The molecule has 2 aliphatic heterocycles. The molecule has 2 rings (SSSR count). The highest BCUT2D eigenvalue weighted by Gasteiger charge is 2.58. The number of carboxylic acid groups (broad SMARTS) is 1. The van der Waals surface area contributed by atoms with E-state index in [9.17, 15) is 15.0 Å². The zero-order chi connectivity index (χ0) is 12.8. The molecule has 0 radical (unpaired) electrons. The minimum absolute atomic E-state index is 0.482. The van der Waals surface area contributed by atoms with Crippen molar-refractivity contribution in [1.82, 2.24) is 0 Å². The minimum Gasteiger partial charge on any atom is -0.477 e. The smallest absolute Gasteiger partial charge is 0.364 e. The second-order valence-electron chi connectivity index (χ2n) is 4.15. The van der Waals surface area contributed by atoms with E-state index in [0.717, 1.165) is 0 Å². The predicted octanol–water partition coefficient (Wildman–Crippen LogP) is -2.36. The summed E-state index contributed by atoms with van der Waals surface area (Å²) in [4.78, 5) is 11.0. The van der Waals surface area contributed by atoms with Crippen molar-refractivity contribution in [3.05, 3.63) is 0 Å². The van der Waals surface area contributed by atoms with Crippen LogP contribution in [0.1, 0.15) is 6.92 Å². The maximum atomic E-state index is 11.0. The van der Waals surface area contributed by atoms with Crippen LogP contribution in [-0.2, 0) is 19.0 Å². The van der Waals surface area contributed by atoms with Crippen molar-refractivity contribution in [2.24, 2.45) is 0 Å². The molecule has 0 saturated carbocycles. The van der Waals surface area contributed by atoms with Gasteiger partial charge in [0.2, 0.25) is 0 Å². The van der Waals surface area contributed by atoms with E-state index >= 15 is 0 Å². The Morgan fingerprint density at radius 1 is 1.29 bits per heavy atom. The molecule has 8 nitrogen and oxygen atoms in total. The SMILES string of the molecule is C[C@@]1(C(=O)O)O[C@@H]2[C@@H](O)[C@H](O)O[C@H](CO)[C@@H]2O1. The third kappa shape index (κ3) is 1.92. The Morgan fingerprint density at radius 3 is 2.41 bits per heavy atom. The summed E-state index contributed by atoms with van der Waals surface area (Å²) in [6, 6.07) is 0. The van der Waals surface area contributed by atoms with Gasteiger partial charge in [-0.25, -0.2) is 4.79 Å². The van der Waals surface area contributed by atoms with Crippen LogP contribution < -0.4 is 0 Å². The lowest BCUT2D eigenvalue weighted by Gasteiger charge is -2.36. The van der Waals surface area contributed by atoms with E-state index in [4.69, 9.17) is 24.4 Å². The van der Waals surface area contributed by atoms with E-state index in [2.05, 4.69) is 0 Å². The molecule has 8 heteroatoms. The Hall–Kier alpha value is -0.770. The second-order valence-corrected chi connectivity index (χ2v) is 4.15. The monoisotopic (exact) mass is 250 g/mol. The Kier molecular flexibility index (Phi) is 3.10. The van der Waals surface area contributed by atoms with Gasteiger partial charge in [0, 0.05) is 6.92 Å². The van der Waals surface area contributed by atoms with Gasteiger partial charge in [0.25, 0.3) is 5.79 Å². The topological polar surface area (TPSA) is 126 Å². The van der Waals surface area contributed by atoms with Crippen molar-refractivity contribution < 1.29 is 39.4 Å². The first-order chi connectivity index (χ1) is 7.89. The van der Waals surface area contributed by atoms with E-state index in [1.54, 1.807) is 0 Å². The van der Waals surface area contributed by atoms with Gasteiger partial charge in [0.15, 0.2) is 6.29 Å². The molecule has 0 aromatic heterocycles. The number of aliphatic hydroxyl groups excluding tert-OH is 3. The van der Waals surface area contributed by atoms with Gasteiger partial charge in [0.1, 0.15) is 24.4 Å². The number of fused-ring (bicyclic) bond motifs is 1. The molecular weight excluding hydrogens is 236 g/mol. The zero-order valence-corrected chi connectivity index (χ0v) is 9.02. The highest BCUT2D eigenvalue weighted by Crippen LogP contribution is 2.37. The van der Waals surface area contributed by atoms with Crippen LogP contribution in [0.3, 0.4) is 0 Å². The summed E-state index contributed by atoms with van der Waals surface area (Å²) in [6.07, 6.45) is -5.92. The molecule has 98 valence electrons. The van der Waals surface area contributed by atoms with Crippen LogP contribution in [0.15, 0.2) is 0 Å². The van der Waals surface area contributed by atoms with Gasteiger partial charge in [-0.15, -0.1) is 0 Å². The lowest BCUT2D eigenvalue weighted by molar-refractivity contribution is -0.264. The largest absolute Gasteiger partial charge is 0.477 e. The van der Waals surface area contributed by atoms with E-state index in [0.29, 0.717) is 0 Å². The van der Waals surface area contributed by atoms with Gasteiger partial charge in [-0.2, -0.15) is 0 Å². The number of carbonyl (C=O) groups is 1. The molecule has 6 atom stereocenters. The molecule has 4 N–H and O–H groups in total. The van der Waals surface area contributed by atoms with Gasteiger partial charge in [-0.05, 0) is 0 Å². The number of hydrogen-bond acceptors (Lipinski definition) is 7. The summed E-state index contributed by atoms with van der Waals surface area (Å²) >= 11 is 0. The normalized spacial score (nSPS) is 50.0. The lowest BCUT2D eigenvalue weighted by atomic mass is 10.00. The Labute approximate surface area is 96.3 Å². The average Bonchev–Trinajstić information content (AvgIpc) is 2.63. The zero-order valence-electron chi connectivity index (χ0n) is 9.02. The molecule has 0 aromatic carbocycles. The summed E-state index contributed by atoms with van der Waals surface area (Å²) in [6.45, 7) is 0.700. The van der Waals surface area contributed by atoms with Crippen LogP contribution in [0, 0.1) is 0 Å². The first-order valence-electron chi connectivity index (χ1n) is 5.10. The number of hydrogen-bond donors (Lipinski definition) is 4. The lowest BCUT2D eigenvalue weighted by Crippen LogP contribution is -2.57. The molecule has 0 bridgehead atoms. The van der Waals surface area contributed by atoms with Crippen LogP contribution in [-0.4, -0.2) is 69.5 Å². The van der Waals surface area contributed by atoms with Crippen LogP contribution in [0.4, 0.5) is 0 Å². The first kappa shape index (κ1) is 12.7. The van der Waals surface area contributed by atoms with E-state index in [-0.39, 0.29) is 0 Å². The Bertz CT molecular complexity index is 312. The third-order valence-corrected chi connectivity index (χ3v) is 2.92. The molecule has 2 aliphatic rings. The number of rotatable bonds is 2. The maximum absolute atomic E-state index is 11.0. The van der Waals surface area contributed by atoms with Crippen molar-refractivity contribution in [3.8, 4) is 0 Å². The van der Waals surface area contributed by atoms with Crippen LogP contribution in [0.5, 0.6) is 0 Å². The average molecular weight is 250 g/mol. The number of aliphatic carboxylic acids is 1. The number of aliphatic hydroxyl groups is 3. The highest BCUT2D eigenvalue weighted by atomic mass is 16.8. The molecule has 0 amide bonds. The van der Waals surface area contributed by atoms with E-state index in [1.807, 2.05) is 0 Å². The van der Waals surface area contributed by atoms with Gasteiger partial charge in [0.05, 0.1) is 6.61 Å². The van der Waals surface area contributed by atoms with Crippen LogP contribution >= 0.6 is 0 Å². The van der Waals surface area contributed by atoms with Crippen molar-refractivity contribution >= 4 is 5.97 Å². The molecule has 0 spiro atoms. The van der Waals surface area contributed by atoms with Crippen molar-refractivity contribution in [3.63, 3.8) is 0 Å². The van der Waals surface area contributed by atoms with E-state index < -0.39 is 49.1 Å². The third-order valence-electron chi connectivity index (χ3n) is 2.92. The summed E-state index contributed by atoms with van der Waals surface area (Å²) in [5, 5.41) is 37.0. The highest BCUT2D eigenvalue weighted by molar-refractivity contribution is 5.75. The summed E-state index contributed by atoms with van der Waals surface area (Å²) in [5.41, 5.74) is 0. The van der Waals surface area contributed by atoms with Crippen LogP contribution in [0.25, 0.3) is 0 Å². The van der Waals surface area contributed by atoms with Gasteiger partial charge >= 0.3 is 5.97 Å². The second kappa shape index (κ2) is 4.16. The minimum atomic E-state index is -1.92. The number of ether oxygens (including phenoxy) is 3. The summed E-state index contributed by atoms with van der Waals surface area (Å²) in [5.74, 6) is -3.28. The maximum Gasteiger partial charge on any atom is 0.364 e. The molecule has 0 unspecified atom stereocenters. The fraction of sp³-hybridized carbons (Fsp3) is 0.889. The fourth-order valence-corrected chi connectivity index (χ4v) is 1.98. The quantitative estimate of drug-likeness (QED) is 0.429. The molecule has 2 heterocycles. The standard InChI is InChI=1S/C9H14O8/c1-9(8(13)14)16-5-3(2-10)15-7(12)4(11)6(5)17-9/h3-7,10-12H,2H2,1H3,(H,13,14)/t3-,4-,5+,6-,7-,9+/m1/s1. The van der Waals surface area contributed by atoms with Crippen LogP contribution in [0.2, 0.25) is 0 Å². The summed E-state index contributed by atoms with van der Waals surface area (Å²) in [7, 11) is 0. The Balaban J connectivity index is 2.23. The van der Waals surface area contributed by atoms with Gasteiger partial charge in [-0.1, -0.05) is 0 Å². The Morgan fingerprint density at radius 2 is 1.88 bits per heavy atom. The van der Waals surface area contributed by atoms with E-state index in [1.165, 1.54) is 6.92 Å².